The van der Waals surface area contributed by atoms with Crippen LogP contribution in [0.4, 0.5) is 0 Å². The van der Waals surface area contributed by atoms with E-state index >= 15 is 0 Å². The Morgan fingerprint density at radius 3 is 2.90 bits per heavy atom. The number of carbonyl (C=O) groups excluding carboxylic acids is 1. The Labute approximate surface area is 138 Å². The maximum atomic E-state index is 12.3. The first kappa shape index (κ1) is 16.2. The average Bonchev–Trinajstić information content (AvgIpc) is 2.92. The molecule has 1 aliphatic carbocycles. The number of hydrogen-bond acceptors (Lipinski definition) is 2. The molecule has 0 aromatic heterocycles. The second kappa shape index (κ2) is 7.71. The van der Waals surface area contributed by atoms with Crippen molar-refractivity contribution in [2.24, 2.45) is 11.8 Å². The summed E-state index contributed by atoms with van der Waals surface area (Å²) in [5, 5.41) is 4.59. The molecule has 1 saturated carbocycles. The van der Waals surface area contributed by atoms with E-state index in [0.29, 0.717) is 22.4 Å². The van der Waals surface area contributed by atoms with E-state index in [1.807, 2.05) is 18.4 Å². The van der Waals surface area contributed by atoms with E-state index in [0.717, 1.165) is 16.8 Å². The van der Waals surface area contributed by atoms with Crippen LogP contribution in [0.1, 0.15) is 29.6 Å². The highest BCUT2D eigenvalue weighted by Gasteiger charge is 2.26. The third kappa shape index (κ3) is 3.92. The van der Waals surface area contributed by atoms with Crippen LogP contribution in [0.15, 0.2) is 23.1 Å². The fraction of sp³-hybridized carbons (Fsp3) is 0.533. The van der Waals surface area contributed by atoms with Gasteiger partial charge < -0.3 is 5.32 Å². The van der Waals surface area contributed by atoms with Gasteiger partial charge in [-0.15, -0.1) is 11.8 Å². The van der Waals surface area contributed by atoms with Gasteiger partial charge in [0.15, 0.2) is 0 Å². The third-order valence-corrected chi connectivity index (χ3v) is 5.84. The zero-order chi connectivity index (χ0) is 14.5. The van der Waals surface area contributed by atoms with Crippen molar-refractivity contribution >= 4 is 45.2 Å². The van der Waals surface area contributed by atoms with Gasteiger partial charge in [-0.2, -0.15) is 0 Å². The Hall–Kier alpha value is -0.190. The van der Waals surface area contributed by atoms with Crippen LogP contribution in [0, 0.1) is 11.8 Å². The van der Waals surface area contributed by atoms with Gasteiger partial charge in [-0.3, -0.25) is 4.79 Å². The van der Waals surface area contributed by atoms with Gasteiger partial charge in [-0.1, -0.05) is 34.0 Å². The molecule has 110 valence electrons. The predicted molar refractivity (Wildman–Crippen MR) is 90.2 cm³/mol. The smallest absolute Gasteiger partial charge is 0.252 e. The zero-order valence-corrected chi connectivity index (χ0v) is 14.7. The first-order chi connectivity index (χ1) is 9.65. The van der Waals surface area contributed by atoms with E-state index in [2.05, 4.69) is 21.2 Å². The standard InChI is InChI=1S/C15H19BrClNOS/c1-20-12-5-6-14(17)13(7-12)15(19)18-9-11-4-2-3-10(11)8-16/h5-7,10-11H,2-4,8-9H2,1H3,(H,18,19). The average molecular weight is 377 g/mol. The maximum absolute atomic E-state index is 12.3. The normalized spacial score (nSPS) is 21.9. The highest BCUT2D eigenvalue weighted by molar-refractivity contribution is 9.09. The molecule has 1 N–H and O–H groups in total. The summed E-state index contributed by atoms with van der Waals surface area (Å²) in [6.45, 7) is 0.745. The number of hydrogen-bond donors (Lipinski definition) is 1. The number of halogens is 2. The first-order valence-electron chi connectivity index (χ1n) is 6.83. The number of benzene rings is 1. The number of thioether (sulfide) groups is 1. The molecule has 0 spiro atoms. The molecule has 0 aliphatic heterocycles. The quantitative estimate of drug-likeness (QED) is 0.601. The fourth-order valence-corrected chi connectivity index (χ4v) is 4.21. The molecule has 2 rings (SSSR count). The molecule has 1 aliphatic rings. The molecule has 1 aromatic rings. The van der Waals surface area contributed by atoms with Crippen LogP contribution in [-0.2, 0) is 0 Å². The zero-order valence-electron chi connectivity index (χ0n) is 11.5. The predicted octanol–water partition coefficient (Wildman–Crippen LogP) is 4.60. The molecule has 5 heteroatoms. The van der Waals surface area contributed by atoms with Gasteiger partial charge >= 0.3 is 0 Å². The largest absolute Gasteiger partial charge is 0.352 e. The van der Waals surface area contributed by atoms with E-state index < -0.39 is 0 Å². The van der Waals surface area contributed by atoms with Gasteiger partial charge in [0.05, 0.1) is 10.6 Å². The topological polar surface area (TPSA) is 29.1 Å². The van der Waals surface area contributed by atoms with Gasteiger partial charge in [0.1, 0.15) is 0 Å². The number of rotatable bonds is 5. The van der Waals surface area contributed by atoms with Crippen LogP contribution in [-0.4, -0.2) is 24.0 Å². The number of alkyl halides is 1. The minimum absolute atomic E-state index is 0.0638. The molecule has 1 amide bonds. The van der Waals surface area contributed by atoms with Crippen molar-refractivity contribution in [1.29, 1.82) is 0 Å². The lowest BCUT2D eigenvalue weighted by atomic mass is 9.98. The van der Waals surface area contributed by atoms with E-state index in [1.54, 1.807) is 17.8 Å². The van der Waals surface area contributed by atoms with Gasteiger partial charge in [-0.05, 0) is 49.1 Å². The van der Waals surface area contributed by atoms with Crippen molar-refractivity contribution in [3.8, 4) is 0 Å². The maximum Gasteiger partial charge on any atom is 0.252 e. The highest BCUT2D eigenvalue weighted by atomic mass is 79.9. The molecule has 2 unspecified atom stereocenters. The van der Waals surface area contributed by atoms with Gasteiger partial charge in [0, 0.05) is 16.8 Å². The molecule has 0 bridgehead atoms. The first-order valence-corrected chi connectivity index (χ1v) is 9.55. The minimum atomic E-state index is -0.0638. The lowest BCUT2D eigenvalue weighted by Gasteiger charge is -2.18. The molecule has 2 atom stereocenters. The Morgan fingerprint density at radius 1 is 1.45 bits per heavy atom. The van der Waals surface area contributed by atoms with Gasteiger partial charge in [0.25, 0.3) is 5.91 Å². The molecule has 1 fully saturated rings. The van der Waals surface area contributed by atoms with Crippen LogP contribution in [0.5, 0.6) is 0 Å². The van der Waals surface area contributed by atoms with E-state index in [1.165, 1.54) is 19.3 Å². The van der Waals surface area contributed by atoms with E-state index in [9.17, 15) is 4.79 Å². The second-order valence-corrected chi connectivity index (χ2v) is 7.10. The van der Waals surface area contributed by atoms with Gasteiger partial charge in [-0.25, -0.2) is 0 Å². The summed E-state index contributed by atoms with van der Waals surface area (Å²) in [7, 11) is 0. The van der Waals surface area contributed by atoms with E-state index in [-0.39, 0.29) is 5.91 Å². The van der Waals surface area contributed by atoms with Crippen molar-refractivity contribution in [3.63, 3.8) is 0 Å². The van der Waals surface area contributed by atoms with Crippen molar-refractivity contribution in [1.82, 2.24) is 5.32 Å². The van der Waals surface area contributed by atoms with Crippen LogP contribution in [0.25, 0.3) is 0 Å². The van der Waals surface area contributed by atoms with Crippen molar-refractivity contribution in [2.45, 2.75) is 24.2 Å². The summed E-state index contributed by atoms with van der Waals surface area (Å²) in [5.74, 6) is 1.20. The molecule has 0 saturated heterocycles. The Bertz CT molecular complexity index is 483. The van der Waals surface area contributed by atoms with Crippen LogP contribution >= 0.6 is 39.3 Å². The number of amides is 1. The molecule has 1 aromatic carbocycles. The summed E-state index contributed by atoms with van der Waals surface area (Å²) < 4.78 is 0. The molecule has 20 heavy (non-hydrogen) atoms. The van der Waals surface area contributed by atoms with Crippen molar-refractivity contribution < 1.29 is 4.79 Å². The molecule has 0 heterocycles. The summed E-state index contributed by atoms with van der Waals surface area (Å²) >= 11 is 11.3. The third-order valence-electron chi connectivity index (χ3n) is 3.96. The molecule has 2 nitrogen and oxygen atoms in total. The van der Waals surface area contributed by atoms with Crippen molar-refractivity contribution in [2.75, 3.05) is 18.1 Å². The summed E-state index contributed by atoms with van der Waals surface area (Å²) in [5.41, 5.74) is 0.576. The van der Waals surface area contributed by atoms with Crippen LogP contribution in [0.2, 0.25) is 5.02 Å². The Balaban J connectivity index is 1.98. The number of carbonyl (C=O) groups is 1. The van der Waals surface area contributed by atoms with Crippen LogP contribution < -0.4 is 5.32 Å². The minimum Gasteiger partial charge on any atom is -0.352 e. The molecule has 0 radical (unpaired) electrons. The Morgan fingerprint density at radius 2 is 2.20 bits per heavy atom. The Kier molecular flexibility index (Phi) is 6.24. The fourth-order valence-electron chi connectivity index (χ4n) is 2.71. The van der Waals surface area contributed by atoms with E-state index in [4.69, 9.17) is 11.6 Å². The van der Waals surface area contributed by atoms with Crippen molar-refractivity contribution in [3.05, 3.63) is 28.8 Å². The lowest BCUT2D eigenvalue weighted by molar-refractivity contribution is 0.0944. The SMILES string of the molecule is CSc1ccc(Cl)c(C(=O)NCC2CCCC2CBr)c1. The molecular formula is C15H19BrClNOS. The monoisotopic (exact) mass is 375 g/mol. The summed E-state index contributed by atoms with van der Waals surface area (Å²) in [4.78, 5) is 13.3. The molecular weight excluding hydrogens is 358 g/mol. The summed E-state index contributed by atoms with van der Waals surface area (Å²) in [6, 6.07) is 5.58. The second-order valence-electron chi connectivity index (χ2n) is 5.16. The number of nitrogens with one attached hydrogen (secondary N) is 1. The van der Waals surface area contributed by atoms with Crippen LogP contribution in [0.3, 0.4) is 0 Å². The lowest BCUT2D eigenvalue weighted by Crippen LogP contribution is -2.31. The summed E-state index contributed by atoms with van der Waals surface area (Å²) in [6.07, 6.45) is 5.72. The van der Waals surface area contributed by atoms with Gasteiger partial charge in [0.2, 0.25) is 0 Å². The highest BCUT2D eigenvalue weighted by Crippen LogP contribution is 2.32.